The van der Waals surface area contributed by atoms with E-state index < -0.39 is 0 Å². The molecule has 5 nitrogen and oxygen atoms in total. The molecule has 0 fully saturated rings. The molecule has 0 aliphatic heterocycles. The molecular weight excluding hydrogens is 384 g/mol. The number of nitrogens with one attached hydrogen (secondary N) is 1. The van der Waals surface area contributed by atoms with Crippen molar-refractivity contribution in [1.82, 2.24) is 10.3 Å². The van der Waals surface area contributed by atoms with Crippen molar-refractivity contribution >= 4 is 23.7 Å². The van der Waals surface area contributed by atoms with Crippen LogP contribution in [0.15, 0.2) is 60.1 Å². The van der Waals surface area contributed by atoms with Crippen LogP contribution in [0.25, 0.3) is 0 Å². The van der Waals surface area contributed by atoms with Gasteiger partial charge in [0.05, 0.1) is 7.11 Å². The van der Waals surface area contributed by atoms with E-state index in [1.807, 2.05) is 47.8 Å². The second-order valence-electron chi connectivity index (χ2n) is 5.55. The van der Waals surface area contributed by atoms with Crippen molar-refractivity contribution < 1.29 is 14.2 Å². The SMILES string of the molecule is COc1cc(CNCCOc2ccccn2)ccc1OCc1cccs1.Cl. The molecule has 0 amide bonds. The van der Waals surface area contributed by atoms with Crippen LogP contribution >= 0.6 is 23.7 Å². The highest BCUT2D eigenvalue weighted by Crippen LogP contribution is 2.29. The van der Waals surface area contributed by atoms with Crippen molar-refractivity contribution in [1.29, 1.82) is 0 Å². The van der Waals surface area contributed by atoms with Crippen LogP contribution in [0.1, 0.15) is 10.4 Å². The lowest BCUT2D eigenvalue weighted by molar-refractivity contribution is 0.287. The fourth-order valence-corrected chi connectivity index (χ4v) is 2.99. The van der Waals surface area contributed by atoms with E-state index in [2.05, 4.69) is 16.4 Å². The molecule has 0 aliphatic carbocycles. The van der Waals surface area contributed by atoms with E-state index in [4.69, 9.17) is 14.2 Å². The summed E-state index contributed by atoms with van der Waals surface area (Å²) in [6.45, 7) is 2.58. The Kier molecular flexibility index (Phi) is 8.91. The maximum atomic E-state index is 5.86. The van der Waals surface area contributed by atoms with E-state index in [1.165, 1.54) is 4.88 Å². The van der Waals surface area contributed by atoms with Crippen molar-refractivity contribution in [2.75, 3.05) is 20.3 Å². The summed E-state index contributed by atoms with van der Waals surface area (Å²) in [7, 11) is 1.66. The van der Waals surface area contributed by atoms with Gasteiger partial charge in [0.25, 0.3) is 0 Å². The fourth-order valence-electron chi connectivity index (χ4n) is 2.38. The number of methoxy groups -OCH3 is 1. The average molecular weight is 407 g/mol. The zero-order valence-electron chi connectivity index (χ0n) is 15.1. The second-order valence-corrected chi connectivity index (χ2v) is 6.58. The zero-order chi connectivity index (χ0) is 18.0. The highest BCUT2D eigenvalue weighted by molar-refractivity contribution is 7.09. The molecule has 0 unspecified atom stereocenters. The van der Waals surface area contributed by atoms with Crippen LogP contribution in [0, 0.1) is 0 Å². The van der Waals surface area contributed by atoms with E-state index >= 15 is 0 Å². The second kappa shape index (κ2) is 11.4. The van der Waals surface area contributed by atoms with Crippen LogP contribution in [-0.2, 0) is 13.2 Å². The van der Waals surface area contributed by atoms with Crippen LogP contribution < -0.4 is 19.5 Å². The Morgan fingerprint density at radius 1 is 1.04 bits per heavy atom. The van der Waals surface area contributed by atoms with E-state index in [9.17, 15) is 0 Å². The predicted octanol–water partition coefficient (Wildman–Crippen LogP) is 4.32. The number of hydrogen-bond donors (Lipinski definition) is 1. The van der Waals surface area contributed by atoms with Gasteiger partial charge in [0, 0.05) is 30.2 Å². The number of rotatable bonds is 10. The highest BCUT2D eigenvalue weighted by Gasteiger charge is 2.06. The molecule has 3 aromatic rings. The summed E-state index contributed by atoms with van der Waals surface area (Å²) in [5.41, 5.74) is 1.13. The molecule has 3 rings (SSSR count). The summed E-state index contributed by atoms with van der Waals surface area (Å²) in [6, 6.07) is 15.7. The fraction of sp³-hybridized carbons (Fsp3) is 0.250. The molecule has 0 aliphatic rings. The van der Waals surface area contributed by atoms with Gasteiger partial charge in [-0.3, -0.25) is 0 Å². The molecule has 0 radical (unpaired) electrons. The van der Waals surface area contributed by atoms with Crippen molar-refractivity contribution in [2.24, 2.45) is 0 Å². The van der Waals surface area contributed by atoms with Crippen LogP contribution in [0.3, 0.4) is 0 Å². The summed E-state index contributed by atoms with van der Waals surface area (Å²) in [6.07, 6.45) is 1.72. The third-order valence-electron chi connectivity index (χ3n) is 3.67. The molecule has 0 bridgehead atoms. The van der Waals surface area contributed by atoms with Crippen molar-refractivity contribution in [3.8, 4) is 17.4 Å². The molecular formula is C20H23ClN2O3S. The lowest BCUT2D eigenvalue weighted by Gasteiger charge is -2.12. The van der Waals surface area contributed by atoms with E-state index in [0.717, 1.165) is 30.2 Å². The monoisotopic (exact) mass is 406 g/mol. The molecule has 2 aromatic heterocycles. The molecule has 7 heteroatoms. The van der Waals surface area contributed by atoms with Crippen LogP contribution in [0.2, 0.25) is 0 Å². The first kappa shape index (κ1) is 21.0. The van der Waals surface area contributed by atoms with Gasteiger partial charge in [0.1, 0.15) is 13.2 Å². The van der Waals surface area contributed by atoms with Gasteiger partial charge >= 0.3 is 0 Å². The molecule has 2 heterocycles. The first-order valence-corrected chi connectivity index (χ1v) is 9.30. The van der Waals surface area contributed by atoms with Crippen molar-refractivity contribution in [2.45, 2.75) is 13.2 Å². The lowest BCUT2D eigenvalue weighted by Crippen LogP contribution is -2.20. The number of thiophene rings is 1. The normalized spacial score (nSPS) is 10.1. The standard InChI is InChI=1S/C20H22N2O3S.ClH/c1-23-19-13-16(7-8-18(19)25-15-17-5-4-12-26-17)14-21-10-11-24-20-6-2-3-9-22-20;/h2-9,12-13,21H,10-11,14-15H2,1H3;1H. The van der Waals surface area contributed by atoms with Gasteiger partial charge in [0.15, 0.2) is 11.5 Å². The highest BCUT2D eigenvalue weighted by atomic mass is 35.5. The minimum absolute atomic E-state index is 0. The average Bonchev–Trinajstić information content (AvgIpc) is 3.21. The number of halogens is 1. The Morgan fingerprint density at radius 2 is 1.96 bits per heavy atom. The summed E-state index contributed by atoms with van der Waals surface area (Å²) >= 11 is 1.68. The van der Waals surface area contributed by atoms with Crippen LogP contribution in [0.4, 0.5) is 0 Å². The van der Waals surface area contributed by atoms with Crippen LogP contribution in [0.5, 0.6) is 17.4 Å². The van der Waals surface area contributed by atoms with Crippen molar-refractivity contribution in [3.05, 3.63) is 70.5 Å². The number of aromatic nitrogens is 1. The topological polar surface area (TPSA) is 52.6 Å². The number of hydrogen-bond acceptors (Lipinski definition) is 6. The quantitative estimate of drug-likeness (QED) is 0.508. The third kappa shape index (κ3) is 6.75. The van der Waals surface area contributed by atoms with Gasteiger partial charge in [-0.1, -0.05) is 18.2 Å². The maximum absolute atomic E-state index is 5.86. The molecule has 144 valence electrons. The van der Waals surface area contributed by atoms with E-state index in [-0.39, 0.29) is 12.4 Å². The molecule has 0 spiro atoms. The smallest absolute Gasteiger partial charge is 0.213 e. The molecule has 0 saturated heterocycles. The molecule has 0 atom stereocenters. The minimum Gasteiger partial charge on any atom is -0.493 e. The first-order valence-electron chi connectivity index (χ1n) is 8.42. The Bertz CT molecular complexity index is 785. The van der Waals surface area contributed by atoms with Gasteiger partial charge in [-0.15, -0.1) is 23.7 Å². The van der Waals surface area contributed by atoms with Gasteiger partial charge in [-0.05, 0) is 35.2 Å². The van der Waals surface area contributed by atoms with Crippen molar-refractivity contribution in [3.63, 3.8) is 0 Å². The summed E-state index contributed by atoms with van der Waals surface area (Å²) in [5.74, 6) is 2.14. The summed E-state index contributed by atoms with van der Waals surface area (Å²) in [4.78, 5) is 5.31. The summed E-state index contributed by atoms with van der Waals surface area (Å²) < 4.78 is 16.9. The lowest BCUT2D eigenvalue weighted by atomic mass is 10.2. The molecule has 1 aromatic carbocycles. The number of ether oxygens (including phenoxy) is 3. The Labute approximate surface area is 169 Å². The minimum atomic E-state index is 0. The van der Waals surface area contributed by atoms with Gasteiger partial charge < -0.3 is 19.5 Å². The van der Waals surface area contributed by atoms with Gasteiger partial charge in [-0.25, -0.2) is 4.98 Å². The predicted molar refractivity (Wildman–Crippen MR) is 110 cm³/mol. The first-order chi connectivity index (χ1) is 12.8. The van der Waals surface area contributed by atoms with E-state index in [1.54, 1.807) is 24.6 Å². The molecule has 1 N–H and O–H groups in total. The third-order valence-corrected chi connectivity index (χ3v) is 4.52. The molecule has 27 heavy (non-hydrogen) atoms. The Balaban J connectivity index is 0.00000261. The summed E-state index contributed by atoms with van der Waals surface area (Å²) in [5, 5.41) is 5.39. The molecule has 0 saturated carbocycles. The number of nitrogens with zero attached hydrogens (tertiary/aromatic N) is 1. The number of pyridine rings is 1. The van der Waals surface area contributed by atoms with Gasteiger partial charge in [0.2, 0.25) is 5.88 Å². The zero-order valence-corrected chi connectivity index (χ0v) is 16.7. The van der Waals surface area contributed by atoms with E-state index in [0.29, 0.717) is 19.1 Å². The maximum Gasteiger partial charge on any atom is 0.213 e. The van der Waals surface area contributed by atoms with Crippen LogP contribution in [-0.4, -0.2) is 25.2 Å². The Morgan fingerprint density at radius 3 is 2.70 bits per heavy atom. The van der Waals surface area contributed by atoms with Gasteiger partial charge in [-0.2, -0.15) is 0 Å². The largest absolute Gasteiger partial charge is 0.493 e. The number of benzene rings is 1. The Hall–Kier alpha value is -2.28.